The summed E-state index contributed by atoms with van der Waals surface area (Å²) in [6.07, 6.45) is 0.923. The summed E-state index contributed by atoms with van der Waals surface area (Å²) < 4.78 is 0. The third kappa shape index (κ3) is 3.62. The summed E-state index contributed by atoms with van der Waals surface area (Å²) in [5, 5.41) is 23.6. The smallest absolute Gasteiger partial charge is 0.154 e. The topological polar surface area (TPSA) is 77.1 Å². The molecule has 0 spiro atoms. The van der Waals surface area contributed by atoms with Gasteiger partial charge in [0.2, 0.25) is 0 Å². The number of H-pyrrole nitrogens is 1. The average Bonchev–Trinajstić information content (AvgIpc) is 3.02. The number of hydrogen-bond donors (Lipinski definition) is 3. The number of nitrogens with zero attached hydrogens (tertiary/aromatic N) is 3. The van der Waals surface area contributed by atoms with E-state index in [0.29, 0.717) is 17.5 Å². The molecule has 1 atom stereocenters. The number of benzene rings is 1. The van der Waals surface area contributed by atoms with Crippen LogP contribution in [0.25, 0.3) is 10.9 Å². The van der Waals surface area contributed by atoms with Crippen molar-refractivity contribution in [1.29, 1.82) is 0 Å². The van der Waals surface area contributed by atoms with Crippen molar-refractivity contribution in [1.82, 2.24) is 20.1 Å². The second kappa shape index (κ2) is 7.64. The van der Waals surface area contributed by atoms with Crippen LogP contribution in [-0.4, -0.2) is 51.4 Å². The third-order valence-corrected chi connectivity index (χ3v) is 5.74. The summed E-state index contributed by atoms with van der Waals surface area (Å²) in [6, 6.07) is 7.71. The summed E-state index contributed by atoms with van der Waals surface area (Å²) in [7, 11) is 0. The van der Waals surface area contributed by atoms with Crippen LogP contribution in [-0.2, 0) is 6.42 Å². The van der Waals surface area contributed by atoms with Gasteiger partial charge in [-0.3, -0.25) is 4.90 Å². The summed E-state index contributed by atoms with van der Waals surface area (Å²) in [4.78, 5) is 5.76. The molecule has 4 rings (SSSR count). The highest BCUT2D eigenvalue weighted by Crippen LogP contribution is 2.35. The predicted molar refractivity (Wildman–Crippen MR) is 109 cm³/mol. The van der Waals surface area contributed by atoms with Gasteiger partial charge in [0.05, 0.1) is 12.6 Å². The first-order valence-electron chi connectivity index (χ1n) is 8.95. The highest BCUT2D eigenvalue weighted by atomic mass is 35.5. The zero-order valence-electron chi connectivity index (χ0n) is 15.0. The Hall–Kier alpha value is -1.86. The van der Waals surface area contributed by atoms with Crippen LogP contribution in [0.2, 0.25) is 10.2 Å². The van der Waals surface area contributed by atoms with E-state index in [0.717, 1.165) is 46.7 Å². The van der Waals surface area contributed by atoms with Gasteiger partial charge in [0, 0.05) is 41.3 Å². The Bertz CT molecular complexity index is 974. The molecule has 1 unspecified atom stereocenters. The van der Waals surface area contributed by atoms with E-state index in [-0.39, 0.29) is 12.6 Å². The van der Waals surface area contributed by atoms with E-state index in [1.807, 2.05) is 31.2 Å². The average molecular weight is 406 g/mol. The van der Waals surface area contributed by atoms with Gasteiger partial charge in [-0.2, -0.15) is 0 Å². The number of aryl methyl sites for hydroxylation is 1. The van der Waals surface area contributed by atoms with Crippen molar-refractivity contribution in [3.05, 3.63) is 51.3 Å². The lowest BCUT2D eigenvalue weighted by molar-refractivity contribution is 0.116. The molecule has 1 aromatic carbocycles. The lowest BCUT2D eigenvalue weighted by Gasteiger charge is -2.34. The minimum absolute atomic E-state index is 0.0558. The number of nitrogens with one attached hydrogen (secondary N) is 2. The van der Waals surface area contributed by atoms with Crippen molar-refractivity contribution in [2.24, 2.45) is 0 Å². The minimum Gasteiger partial charge on any atom is -0.394 e. The van der Waals surface area contributed by atoms with Crippen molar-refractivity contribution in [2.45, 2.75) is 19.4 Å². The Kier molecular flexibility index (Phi) is 5.23. The maximum atomic E-state index is 10.0. The van der Waals surface area contributed by atoms with Gasteiger partial charge in [-0.05, 0) is 48.7 Å². The van der Waals surface area contributed by atoms with Crippen LogP contribution in [0.5, 0.6) is 0 Å². The van der Waals surface area contributed by atoms with Gasteiger partial charge in [0.1, 0.15) is 5.82 Å². The van der Waals surface area contributed by atoms with Crippen LogP contribution >= 0.6 is 23.2 Å². The standard InChI is InChI=1S/C19H21Cl2N5O/c1-11-8-17(24-25-19(11)21)22-5-7-26-6-4-13-14-9-12(20)2-3-15(14)23-18(13)16(26)10-27/h2-3,8-9,16,23,27H,4-7,10H2,1H3,(H,22,24). The van der Waals surface area contributed by atoms with Crippen LogP contribution in [0.4, 0.5) is 5.82 Å². The molecule has 3 heterocycles. The van der Waals surface area contributed by atoms with E-state index in [4.69, 9.17) is 23.2 Å². The predicted octanol–water partition coefficient (Wildman–Crippen LogP) is 3.58. The van der Waals surface area contributed by atoms with Gasteiger partial charge in [-0.1, -0.05) is 23.2 Å². The van der Waals surface area contributed by atoms with Gasteiger partial charge in [0.25, 0.3) is 0 Å². The molecule has 0 fully saturated rings. The van der Waals surface area contributed by atoms with Crippen molar-refractivity contribution < 1.29 is 5.11 Å². The molecular weight excluding hydrogens is 385 g/mol. The maximum Gasteiger partial charge on any atom is 0.154 e. The Morgan fingerprint density at radius 2 is 2.15 bits per heavy atom. The molecule has 0 radical (unpaired) electrons. The van der Waals surface area contributed by atoms with Gasteiger partial charge in [0.15, 0.2) is 5.15 Å². The van der Waals surface area contributed by atoms with Crippen LogP contribution < -0.4 is 5.32 Å². The summed E-state index contributed by atoms with van der Waals surface area (Å²) in [5.41, 5.74) is 4.30. The fourth-order valence-corrected chi connectivity index (χ4v) is 4.01. The summed E-state index contributed by atoms with van der Waals surface area (Å²) in [6.45, 7) is 4.33. The number of anilines is 1. The maximum absolute atomic E-state index is 10.0. The van der Waals surface area contributed by atoms with Crippen molar-refractivity contribution in [3.63, 3.8) is 0 Å². The summed E-state index contributed by atoms with van der Waals surface area (Å²) in [5.74, 6) is 0.704. The molecule has 6 nitrogen and oxygen atoms in total. The van der Waals surface area contributed by atoms with Crippen LogP contribution in [0.1, 0.15) is 22.9 Å². The molecule has 2 aromatic heterocycles. The Balaban J connectivity index is 1.48. The highest BCUT2D eigenvalue weighted by Gasteiger charge is 2.29. The number of hydrogen-bond acceptors (Lipinski definition) is 5. The fraction of sp³-hybridized carbons (Fsp3) is 0.368. The molecule has 8 heteroatoms. The normalized spacial score (nSPS) is 17.3. The number of aliphatic hydroxyl groups is 1. The van der Waals surface area contributed by atoms with Crippen LogP contribution in [0.15, 0.2) is 24.3 Å². The van der Waals surface area contributed by atoms with Gasteiger partial charge >= 0.3 is 0 Å². The minimum atomic E-state index is -0.0558. The Morgan fingerprint density at radius 3 is 2.93 bits per heavy atom. The molecule has 3 N–H and O–H groups in total. The molecule has 142 valence electrons. The largest absolute Gasteiger partial charge is 0.394 e. The van der Waals surface area contributed by atoms with Crippen molar-refractivity contribution >= 4 is 39.9 Å². The van der Waals surface area contributed by atoms with E-state index in [9.17, 15) is 5.11 Å². The number of fused-ring (bicyclic) bond motifs is 3. The van der Waals surface area contributed by atoms with Gasteiger partial charge in [-0.25, -0.2) is 0 Å². The molecule has 3 aromatic rings. The number of aromatic nitrogens is 3. The van der Waals surface area contributed by atoms with E-state index in [1.54, 1.807) is 0 Å². The number of aliphatic hydroxyl groups excluding tert-OH is 1. The SMILES string of the molecule is Cc1cc(NCCN2CCc3c([nH]c4ccc(Cl)cc34)C2CO)nnc1Cl. The Morgan fingerprint density at radius 1 is 1.30 bits per heavy atom. The third-order valence-electron chi connectivity index (χ3n) is 5.13. The van der Waals surface area contributed by atoms with E-state index < -0.39 is 0 Å². The van der Waals surface area contributed by atoms with E-state index >= 15 is 0 Å². The van der Waals surface area contributed by atoms with E-state index in [1.165, 1.54) is 5.56 Å². The monoisotopic (exact) mass is 405 g/mol. The lowest BCUT2D eigenvalue weighted by Crippen LogP contribution is -2.40. The molecule has 1 aliphatic heterocycles. The van der Waals surface area contributed by atoms with Crippen LogP contribution in [0.3, 0.4) is 0 Å². The van der Waals surface area contributed by atoms with Crippen molar-refractivity contribution in [2.75, 3.05) is 31.6 Å². The number of rotatable bonds is 5. The first kappa shape index (κ1) is 18.5. The van der Waals surface area contributed by atoms with Crippen molar-refractivity contribution in [3.8, 4) is 0 Å². The van der Waals surface area contributed by atoms with Gasteiger partial charge < -0.3 is 15.4 Å². The molecule has 0 bridgehead atoms. The Labute approximate surface area is 167 Å². The molecular formula is C19H21Cl2N5O. The lowest BCUT2D eigenvalue weighted by atomic mass is 9.97. The molecule has 0 saturated heterocycles. The molecule has 1 aliphatic rings. The fourth-order valence-electron chi connectivity index (χ4n) is 3.75. The van der Waals surface area contributed by atoms with E-state index in [2.05, 4.69) is 25.4 Å². The zero-order chi connectivity index (χ0) is 19.0. The first-order chi connectivity index (χ1) is 13.1. The quantitative estimate of drug-likeness (QED) is 0.604. The second-order valence-electron chi connectivity index (χ2n) is 6.82. The zero-order valence-corrected chi connectivity index (χ0v) is 16.5. The molecule has 0 aliphatic carbocycles. The molecule has 27 heavy (non-hydrogen) atoms. The first-order valence-corrected chi connectivity index (χ1v) is 9.71. The highest BCUT2D eigenvalue weighted by molar-refractivity contribution is 6.31. The summed E-state index contributed by atoms with van der Waals surface area (Å²) >= 11 is 12.1. The number of aromatic amines is 1. The molecule has 0 amide bonds. The molecule has 0 saturated carbocycles. The van der Waals surface area contributed by atoms with Crippen LogP contribution in [0, 0.1) is 6.92 Å². The van der Waals surface area contributed by atoms with Gasteiger partial charge in [-0.15, -0.1) is 10.2 Å². The number of halogens is 2. The second-order valence-corrected chi connectivity index (χ2v) is 7.62.